The Bertz CT molecular complexity index is 1340. The fourth-order valence-corrected chi connectivity index (χ4v) is 5.53. The third-order valence-electron chi connectivity index (χ3n) is 7.63. The summed E-state index contributed by atoms with van der Waals surface area (Å²) >= 11 is 0. The molecule has 39 heavy (non-hydrogen) atoms. The highest BCUT2D eigenvalue weighted by molar-refractivity contribution is 5.74. The number of carbonyl (C=O) groups is 1. The molecule has 206 valence electrons. The van der Waals surface area contributed by atoms with E-state index < -0.39 is 24.3 Å². The SMILES string of the molecule is Cc1ccc([C@@H](Oc2cc(N3CCC4(CC3)CN[C@H](C(=O)O)C4)nc(N)n2)C(F)(F)F)c(-c2ccccc2)c1. The van der Waals surface area contributed by atoms with Crippen molar-refractivity contribution >= 4 is 17.7 Å². The number of carboxylic acids is 1. The number of hydrogen-bond acceptors (Lipinski definition) is 7. The molecular formula is C28H30F3N5O3. The van der Waals surface area contributed by atoms with Crippen LogP contribution < -0.4 is 20.7 Å². The van der Waals surface area contributed by atoms with Crippen molar-refractivity contribution in [2.75, 3.05) is 30.3 Å². The van der Waals surface area contributed by atoms with Gasteiger partial charge in [0.1, 0.15) is 11.9 Å². The number of hydrogen-bond donors (Lipinski definition) is 3. The number of benzene rings is 2. The summed E-state index contributed by atoms with van der Waals surface area (Å²) in [5.41, 5.74) is 7.65. The lowest BCUT2D eigenvalue weighted by atomic mass is 9.76. The second-order valence-corrected chi connectivity index (χ2v) is 10.4. The third-order valence-corrected chi connectivity index (χ3v) is 7.63. The number of halogens is 3. The second-order valence-electron chi connectivity index (χ2n) is 10.4. The van der Waals surface area contributed by atoms with E-state index in [-0.39, 0.29) is 22.8 Å². The van der Waals surface area contributed by atoms with Crippen LogP contribution in [0.1, 0.15) is 36.5 Å². The summed E-state index contributed by atoms with van der Waals surface area (Å²) < 4.78 is 48.9. The molecule has 3 heterocycles. The normalized spacial score (nSPS) is 19.7. The van der Waals surface area contributed by atoms with E-state index in [1.54, 1.807) is 42.5 Å². The molecule has 1 spiro atoms. The third kappa shape index (κ3) is 5.78. The molecule has 5 rings (SSSR count). The fraction of sp³-hybridized carbons (Fsp3) is 0.393. The molecule has 2 aromatic carbocycles. The Hall–Kier alpha value is -3.86. The topological polar surface area (TPSA) is 114 Å². The van der Waals surface area contributed by atoms with Crippen LogP contribution in [0.15, 0.2) is 54.6 Å². The fourth-order valence-electron chi connectivity index (χ4n) is 5.53. The molecule has 0 saturated carbocycles. The lowest BCUT2D eigenvalue weighted by Crippen LogP contribution is -2.41. The van der Waals surface area contributed by atoms with Crippen LogP contribution in [0, 0.1) is 12.3 Å². The molecular weight excluding hydrogens is 511 g/mol. The molecule has 0 aliphatic carbocycles. The summed E-state index contributed by atoms with van der Waals surface area (Å²) in [6, 6.07) is 14.5. The van der Waals surface area contributed by atoms with Gasteiger partial charge in [0.15, 0.2) is 0 Å². The predicted molar refractivity (Wildman–Crippen MR) is 140 cm³/mol. The first-order chi connectivity index (χ1) is 18.5. The Kier molecular flexibility index (Phi) is 7.11. The van der Waals surface area contributed by atoms with Crippen molar-refractivity contribution in [3.63, 3.8) is 0 Å². The number of nitrogens with zero attached hydrogens (tertiary/aromatic N) is 3. The Balaban J connectivity index is 1.40. The van der Waals surface area contributed by atoms with Crippen molar-refractivity contribution in [3.8, 4) is 17.0 Å². The highest BCUT2D eigenvalue weighted by atomic mass is 19.4. The number of nitrogens with two attached hydrogens (primary N) is 1. The number of anilines is 2. The van der Waals surface area contributed by atoms with E-state index in [4.69, 9.17) is 10.5 Å². The van der Waals surface area contributed by atoms with E-state index in [1.165, 1.54) is 12.1 Å². The van der Waals surface area contributed by atoms with Crippen LogP contribution in [0.25, 0.3) is 11.1 Å². The zero-order valence-electron chi connectivity index (χ0n) is 21.4. The number of aromatic nitrogens is 2. The van der Waals surface area contributed by atoms with Crippen LogP contribution in [0.2, 0.25) is 0 Å². The molecule has 0 bridgehead atoms. The molecule has 2 aliphatic heterocycles. The van der Waals surface area contributed by atoms with E-state index in [9.17, 15) is 23.1 Å². The largest absolute Gasteiger partial charge is 0.480 e. The van der Waals surface area contributed by atoms with Gasteiger partial charge in [-0.3, -0.25) is 4.79 Å². The van der Waals surface area contributed by atoms with Gasteiger partial charge in [-0.15, -0.1) is 0 Å². The monoisotopic (exact) mass is 541 g/mol. The van der Waals surface area contributed by atoms with Crippen LogP contribution in [0.5, 0.6) is 5.88 Å². The van der Waals surface area contributed by atoms with Gasteiger partial charge in [-0.25, -0.2) is 0 Å². The first-order valence-corrected chi connectivity index (χ1v) is 12.8. The number of nitrogen functional groups attached to an aromatic ring is 1. The van der Waals surface area contributed by atoms with Gasteiger partial charge >= 0.3 is 12.1 Å². The highest BCUT2D eigenvalue weighted by Gasteiger charge is 2.46. The van der Waals surface area contributed by atoms with Crippen LogP contribution in [0.3, 0.4) is 0 Å². The molecule has 3 aromatic rings. The first kappa shape index (κ1) is 26.7. The van der Waals surface area contributed by atoms with Gasteiger partial charge in [-0.2, -0.15) is 23.1 Å². The minimum atomic E-state index is -4.73. The molecule has 1 aromatic heterocycles. The van der Waals surface area contributed by atoms with Crippen molar-refractivity contribution in [2.24, 2.45) is 5.41 Å². The van der Waals surface area contributed by atoms with Crippen molar-refractivity contribution in [3.05, 3.63) is 65.7 Å². The summed E-state index contributed by atoms with van der Waals surface area (Å²) in [5.74, 6) is -0.943. The lowest BCUT2D eigenvalue weighted by molar-refractivity contribution is -0.198. The number of rotatable bonds is 6. The molecule has 2 fully saturated rings. The maximum Gasteiger partial charge on any atom is 0.429 e. The minimum Gasteiger partial charge on any atom is -0.480 e. The number of ether oxygens (including phenoxy) is 1. The van der Waals surface area contributed by atoms with Gasteiger partial charge < -0.3 is 25.8 Å². The molecule has 0 amide bonds. The Morgan fingerprint density at radius 2 is 1.87 bits per heavy atom. The van der Waals surface area contributed by atoms with Crippen LogP contribution in [-0.2, 0) is 4.79 Å². The minimum absolute atomic E-state index is 0.0281. The standard InChI is InChI=1S/C28H30F3N5O3/c1-17-7-8-19(20(13-17)18-5-3-2-4-6-18)24(28(29,30)31)39-23-14-22(34-26(32)35-23)36-11-9-27(10-12-36)15-21(25(37)38)33-16-27/h2-8,13-14,21,24,33H,9-12,15-16H2,1H3,(H,37,38)(H2,32,34,35)/t21-,24+/m0/s1. The zero-order chi connectivity index (χ0) is 27.8. The van der Waals surface area contributed by atoms with Gasteiger partial charge in [0.05, 0.1) is 0 Å². The molecule has 0 radical (unpaired) electrons. The summed E-state index contributed by atoms with van der Waals surface area (Å²) in [6.45, 7) is 3.56. The summed E-state index contributed by atoms with van der Waals surface area (Å²) in [4.78, 5) is 21.5. The summed E-state index contributed by atoms with van der Waals surface area (Å²) in [6.07, 6.45) is -5.02. The number of aryl methyl sites for hydroxylation is 1. The Labute approximate surface area is 224 Å². The lowest BCUT2D eigenvalue weighted by Gasteiger charge is -2.39. The molecule has 8 nitrogen and oxygen atoms in total. The Morgan fingerprint density at radius 1 is 1.15 bits per heavy atom. The second kappa shape index (κ2) is 10.4. The van der Waals surface area contributed by atoms with Gasteiger partial charge in [0.25, 0.3) is 0 Å². The number of alkyl halides is 3. The number of nitrogens with one attached hydrogen (secondary N) is 1. The van der Waals surface area contributed by atoms with Crippen molar-refractivity contribution in [1.29, 1.82) is 0 Å². The van der Waals surface area contributed by atoms with E-state index >= 15 is 0 Å². The van der Waals surface area contributed by atoms with Crippen molar-refractivity contribution in [2.45, 2.75) is 44.5 Å². The van der Waals surface area contributed by atoms with Crippen molar-refractivity contribution < 1.29 is 27.8 Å². The predicted octanol–water partition coefficient (Wildman–Crippen LogP) is 4.75. The maximum absolute atomic E-state index is 14.4. The van der Waals surface area contributed by atoms with Gasteiger partial charge in [-0.1, -0.05) is 54.1 Å². The number of aliphatic carboxylic acids is 1. The van der Waals surface area contributed by atoms with Gasteiger partial charge in [-0.05, 0) is 42.7 Å². The van der Waals surface area contributed by atoms with E-state index in [0.29, 0.717) is 43.0 Å². The molecule has 4 N–H and O–H groups in total. The quantitative estimate of drug-likeness (QED) is 0.410. The van der Waals surface area contributed by atoms with Crippen molar-refractivity contribution in [1.82, 2.24) is 15.3 Å². The summed E-state index contributed by atoms with van der Waals surface area (Å²) in [5, 5.41) is 12.4. The summed E-state index contributed by atoms with van der Waals surface area (Å²) in [7, 11) is 0. The van der Waals surface area contributed by atoms with Crippen LogP contribution in [0.4, 0.5) is 24.9 Å². The molecule has 2 aliphatic rings. The van der Waals surface area contributed by atoms with Gasteiger partial charge in [0.2, 0.25) is 17.9 Å². The number of carboxylic acid groups (broad SMARTS) is 1. The molecule has 2 atom stereocenters. The average Bonchev–Trinajstić information content (AvgIpc) is 3.31. The first-order valence-electron chi connectivity index (χ1n) is 12.8. The average molecular weight is 542 g/mol. The maximum atomic E-state index is 14.4. The van der Waals surface area contributed by atoms with Crippen LogP contribution in [-0.4, -0.2) is 52.9 Å². The molecule has 11 heteroatoms. The Morgan fingerprint density at radius 3 is 2.51 bits per heavy atom. The zero-order valence-corrected chi connectivity index (χ0v) is 21.4. The smallest absolute Gasteiger partial charge is 0.429 e. The van der Waals surface area contributed by atoms with E-state index in [2.05, 4.69) is 15.3 Å². The molecule has 0 unspecified atom stereocenters. The van der Waals surface area contributed by atoms with Crippen LogP contribution >= 0.6 is 0 Å². The molecule has 2 saturated heterocycles. The highest BCUT2D eigenvalue weighted by Crippen LogP contribution is 2.43. The van der Waals surface area contributed by atoms with Gasteiger partial charge in [0, 0.05) is 31.3 Å². The van der Waals surface area contributed by atoms with E-state index in [0.717, 1.165) is 18.4 Å². The number of piperidine rings is 1. The van der Waals surface area contributed by atoms with E-state index in [1.807, 2.05) is 11.8 Å².